The average molecular weight is 277 g/mol. The molecule has 0 radical (unpaired) electrons. The molecule has 0 fully saturated rings. The molecule has 1 aromatic carbocycles. The highest BCUT2D eigenvalue weighted by molar-refractivity contribution is 5.82. The standard InChI is InChI=1S/C17H27NO2/c1-7-12-18-17(5,15(19)20-6)14-10-8-13(9-11-14)16(2,3)4/h8-11,18H,7,12H2,1-6H3. The van der Waals surface area contributed by atoms with Gasteiger partial charge in [-0.05, 0) is 36.4 Å². The van der Waals surface area contributed by atoms with Gasteiger partial charge in [0.2, 0.25) is 0 Å². The fourth-order valence-corrected chi connectivity index (χ4v) is 2.17. The first-order valence-corrected chi connectivity index (χ1v) is 7.20. The van der Waals surface area contributed by atoms with E-state index in [0.717, 1.165) is 18.5 Å². The third-order valence-electron chi connectivity index (χ3n) is 3.65. The van der Waals surface area contributed by atoms with Crippen LogP contribution < -0.4 is 5.32 Å². The van der Waals surface area contributed by atoms with Crippen molar-refractivity contribution in [3.63, 3.8) is 0 Å². The number of esters is 1. The van der Waals surface area contributed by atoms with Crippen LogP contribution in [0.25, 0.3) is 0 Å². The van der Waals surface area contributed by atoms with Crippen LogP contribution in [0.1, 0.15) is 52.2 Å². The molecule has 0 saturated carbocycles. The van der Waals surface area contributed by atoms with E-state index in [9.17, 15) is 4.79 Å². The monoisotopic (exact) mass is 277 g/mol. The molecule has 0 saturated heterocycles. The molecular formula is C17H27NO2. The molecule has 1 N–H and O–H groups in total. The first-order chi connectivity index (χ1) is 9.25. The number of carbonyl (C=O) groups is 1. The lowest BCUT2D eigenvalue weighted by molar-refractivity contribution is -0.148. The number of rotatable bonds is 5. The second-order valence-corrected chi connectivity index (χ2v) is 6.37. The molecule has 0 aliphatic rings. The van der Waals surface area contributed by atoms with Crippen LogP contribution in [0, 0.1) is 0 Å². The Morgan fingerprint density at radius 2 is 1.60 bits per heavy atom. The topological polar surface area (TPSA) is 38.3 Å². The van der Waals surface area contributed by atoms with Crippen LogP contribution in [-0.4, -0.2) is 19.6 Å². The van der Waals surface area contributed by atoms with Gasteiger partial charge in [-0.1, -0.05) is 52.0 Å². The fourth-order valence-electron chi connectivity index (χ4n) is 2.17. The van der Waals surface area contributed by atoms with Gasteiger partial charge >= 0.3 is 5.97 Å². The summed E-state index contributed by atoms with van der Waals surface area (Å²) in [6.07, 6.45) is 0.965. The van der Waals surface area contributed by atoms with Gasteiger partial charge in [0.15, 0.2) is 0 Å². The van der Waals surface area contributed by atoms with E-state index >= 15 is 0 Å². The molecule has 3 nitrogen and oxygen atoms in total. The Kier molecular flexibility index (Phi) is 5.35. The van der Waals surface area contributed by atoms with Gasteiger partial charge in [-0.15, -0.1) is 0 Å². The van der Waals surface area contributed by atoms with Crippen LogP contribution in [0.4, 0.5) is 0 Å². The minimum Gasteiger partial charge on any atom is -0.467 e. The van der Waals surface area contributed by atoms with Crippen molar-refractivity contribution >= 4 is 5.97 Å². The van der Waals surface area contributed by atoms with E-state index < -0.39 is 5.54 Å². The van der Waals surface area contributed by atoms with Crippen LogP contribution in [-0.2, 0) is 20.5 Å². The van der Waals surface area contributed by atoms with E-state index in [4.69, 9.17) is 4.74 Å². The normalized spacial score (nSPS) is 14.7. The fraction of sp³-hybridized carbons (Fsp3) is 0.588. The van der Waals surface area contributed by atoms with Gasteiger partial charge in [-0.2, -0.15) is 0 Å². The lowest BCUT2D eigenvalue weighted by Crippen LogP contribution is -2.47. The quantitative estimate of drug-likeness (QED) is 0.839. The summed E-state index contributed by atoms with van der Waals surface area (Å²) in [6.45, 7) is 11.3. The van der Waals surface area contributed by atoms with Crippen molar-refractivity contribution in [2.24, 2.45) is 0 Å². The zero-order chi connectivity index (χ0) is 15.4. The zero-order valence-electron chi connectivity index (χ0n) is 13.5. The third-order valence-corrected chi connectivity index (χ3v) is 3.65. The summed E-state index contributed by atoms with van der Waals surface area (Å²) in [5, 5.41) is 3.30. The van der Waals surface area contributed by atoms with Gasteiger partial charge < -0.3 is 4.74 Å². The smallest absolute Gasteiger partial charge is 0.330 e. The van der Waals surface area contributed by atoms with Crippen LogP contribution in [0.3, 0.4) is 0 Å². The first-order valence-electron chi connectivity index (χ1n) is 7.20. The SMILES string of the molecule is CCCNC(C)(C(=O)OC)c1ccc(C(C)(C)C)cc1. The van der Waals surface area contributed by atoms with E-state index in [1.54, 1.807) is 0 Å². The molecule has 20 heavy (non-hydrogen) atoms. The van der Waals surface area contributed by atoms with Crippen LogP contribution in [0.15, 0.2) is 24.3 Å². The number of methoxy groups -OCH3 is 1. The molecule has 1 atom stereocenters. The zero-order valence-corrected chi connectivity index (χ0v) is 13.5. The van der Waals surface area contributed by atoms with Gasteiger partial charge in [0, 0.05) is 0 Å². The molecule has 0 aromatic heterocycles. The summed E-state index contributed by atoms with van der Waals surface area (Å²) in [5.41, 5.74) is 1.51. The van der Waals surface area contributed by atoms with Crippen molar-refractivity contribution in [2.45, 2.75) is 52.0 Å². The summed E-state index contributed by atoms with van der Waals surface area (Å²) in [4.78, 5) is 12.1. The van der Waals surface area contributed by atoms with E-state index in [1.807, 2.05) is 19.1 Å². The molecule has 0 heterocycles. The number of nitrogens with one attached hydrogen (secondary N) is 1. The maximum Gasteiger partial charge on any atom is 0.330 e. The van der Waals surface area contributed by atoms with E-state index in [2.05, 4.69) is 45.1 Å². The molecule has 1 rings (SSSR count). The number of ether oxygens (including phenoxy) is 1. The lowest BCUT2D eigenvalue weighted by atomic mass is 9.84. The molecule has 3 heteroatoms. The van der Waals surface area contributed by atoms with Crippen molar-refractivity contribution < 1.29 is 9.53 Å². The van der Waals surface area contributed by atoms with Gasteiger partial charge in [0.05, 0.1) is 7.11 Å². The number of hydrogen-bond donors (Lipinski definition) is 1. The molecule has 1 unspecified atom stereocenters. The van der Waals surface area contributed by atoms with Crippen LogP contribution in [0.5, 0.6) is 0 Å². The molecule has 0 bridgehead atoms. The van der Waals surface area contributed by atoms with Crippen molar-refractivity contribution in [1.82, 2.24) is 5.32 Å². The van der Waals surface area contributed by atoms with Crippen LogP contribution in [0.2, 0.25) is 0 Å². The van der Waals surface area contributed by atoms with Gasteiger partial charge in [0.25, 0.3) is 0 Å². The van der Waals surface area contributed by atoms with Crippen molar-refractivity contribution in [2.75, 3.05) is 13.7 Å². The Morgan fingerprint density at radius 1 is 1.10 bits per heavy atom. The highest BCUT2D eigenvalue weighted by Gasteiger charge is 2.35. The molecule has 0 aliphatic heterocycles. The van der Waals surface area contributed by atoms with Gasteiger partial charge in [-0.25, -0.2) is 4.79 Å². The van der Waals surface area contributed by atoms with Gasteiger partial charge in [0.1, 0.15) is 5.54 Å². The molecule has 0 spiro atoms. The van der Waals surface area contributed by atoms with E-state index in [1.165, 1.54) is 12.7 Å². The second kappa shape index (κ2) is 6.40. The molecule has 0 amide bonds. The predicted octanol–water partition coefficient (Wildman–Crippen LogP) is 3.37. The van der Waals surface area contributed by atoms with Crippen molar-refractivity contribution in [1.29, 1.82) is 0 Å². The summed E-state index contributed by atoms with van der Waals surface area (Å²) in [7, 11) is 1.43. The number of hydrogen-bond acceptors (Lipinski definition) is 3. The van der Waals surface area contributed by atoms with Crippen molar-refractivity contribution in [3.8, 4) is 0 Å². The Morgan fingerprint density at radius 3 is 2.00 bits per heavy atom. The minimum atomic E-state index is -0.791. The average Bonchev–Trinajstić information content (AvgIpc) is 2.43. The van der Waals surface area contributed by atoms with E-state index in [0.29, 0.717) is 0 Å². The first kappa shape index (κ1) is 16.7. The Labute approximate surface area is 122 Å². The summed E-state index contributed by atoms with van der Waals surface area (Å²) < 4.78 is 4.96. The Bertz CT molecular complexity index is 445. The summed E-state index contributed by atoms with van der Waals surface area (Å²) >= 11 is 0. The van der Waals surface area contributed by atoms with Crippen molar-refractivity contribution in [3.05, 3.63) is 35.4 Å². The molecule has 1 aromatic rings. The predicted molar refractivity (Wildman–Crippen MR) is 82.8 cm³/mol. The van der Waals surface area contributed by atoms with Gasteiger partial charge in [-0.3, -0.25) is 5.32 Å². The number of benzene rings is 1. The second-order valence-electron chi connectivity index (χ2n) is 6.37. The maximum atomic E-state index is 12.1. The highest BCUT2D eigenvalue weighted by Crippen LogP contribution is 2.27. The minimum absolute atomic E-state index is 0.108. The molecular weight excluding hydrogens is 250 g/mol. The third kappa shape index (κ3) is 3.60. The largest absolute Gasteiger partial charge is 0.467 e. The maximum absolute atomic E-state index is 12.1. The lowest BCUT2D eigenvalue weighted by Gasteiger charge is -2.29. The summed E-state index contributed by atoms with van der Waals surface area (Å²) in [5.74, 6) is -0.255. The number of carbonyl (C=O) groups excluding carboxylic acids is 1. The Hall–Kier alpha value is -1.35. The summed E-state index contributed by atoms with van der Waals surface area (Å²) in [6, 6.07) is 8.20. The highest BCUT2D eigenvalue weighted by atomic mass is 16.5. The molecule has 0 aliphatic carbocycles. The molecule has 112 valence electrons. The Balaban J connectivity index is 3.12. The van der Waals surface area contributed by atoms with Crippen LogP contribution >= 0.6 is 0 Å². The van der Waals surface area contributed by atoms with E-state index in [-0.39, 0.29) is 11.4 Å².